The maximum absolute atomic E-state index is 13.5. The van der Waals surface area contributed by atoms with Gasteiger partial charge in [-0.1, -0.05) is 12.1 Å². The monoisotopic (exact) mass is 343 g/mol. The minimum atomic E-state index is -1.17. The van der Waals surface area contributed by atoms with E-state index >= 15 is 0 Å². The van der Waals surface area contributed by atoms with Gasteiger partial charge in [0.05, 0.1) is 5.60 Å². The molecule has 5 nitrogen and oxygen atoms in total. The molecule has 1 unspecified atom stereocenters. The normalized spacial score (nSPS) is 12.7. The average Bonchev–Trinajstić information content (AvgIpc) is 2.46. The molecule has 0 bridgehead atoms. The fourth-order valence-electron chi connectivity index (χ4n) is 2.00. The zero-order chi connectivity index (χ0) is 18.3. The van der Waals surface area contributed by atoms with E-state index in [0.29, 0.717) is 0 Å². The fourth-order valence-corrected chi connectivity index (χ4v) is 2.00. The van der Waals surface area contributed by atoms with E-state index in [0.717, 1.165) is 6.07 Å². The molecule has 0 fully saturated rings. The van der Waals surface area contributed by atoms with E-state index in [1.165, 1.54) is 12.1 Å². The molecular weight excluding hydrogens is 320 g/mol. The predicted molar refractivity (Wildman–Crippen MR) is 84.6 cm³/mol. The molecule has 0 radical (unpaired) electrons. The van der Waals surface area contributed by atoms with Crippen molar-refractivity contribution >= 4 is 11.9 Å². The minimum absolute atomic E-state index is 0.0136. The first-order valence-corrected chi connectivity index (χ1v) is 7.69. The number of amides is 1. The first-order valence-electron chi connectivity index (χ1n) is 7.69. The number of aryl methyl sites for hydroxylation is 1. The fraction of sp³-hybridized carbons (Fsp3) is 0.529. The largest absolute Gasteiger partial charge is 0.480 e. The van der Waals surface area contributed by atoms with Crippen molar-refractivity contribution in [3.05, 3.63) is 35.4 Å². The first kappa shape index (κ1) is 20.0. The molecule has 0 saturated carbocycles. The predicted octanol–water partition coefficient (Wildman–Crippen LogP) is 2.67. The van der Waals surface area contributed by atoms with Crippen LogP contribution in [0.4, 0.5) is 8.78 Å². The summed E-state index contributed by atoms with van der Waals surface area (Å²) in [6, 6.07) is 2.65. The Bertz CT molecular complexity index is 584. The highest BCUT2D eigenvalue weighted by atomic mass is 19.2. The van der Waals surface area contributed by atoms with E-state index in [1.54, 1.807) is 0 Å². The molecule has 0 aliphatic rings. The molecule has 0 spiro atoms. The smallest absolute Gasteiger partial charge is 0.326 e. The highest BCUT2D eigenvalue weighted by Gasteiger charge is 2.21. The number of hydrogen-bond donors (Lipinski definition) is 2. The number of carboxylic acids is 1. The molecular formula is C17H23F2NO4. The number of rotatable bonds is 8. The molecule has 0 heterocycles. The molecule has 2 N–H and O–H groups in total. The van der Waals surface area contributed by atoms with Gasteiger partial charge in [-0.15, -0.1) is 0 Å². The molecule has 1 rings (SSSR count). The first-order chi connectivity index (χ1) is 11.1. The lowest BCUT2D eigenvalue weighted by Gasteiger charge is -2.21. The molecule has 1 aromatic carbocycles. The van der Waals surface area contributed by atoms with Gasteiger partial charge in [0.2, 0.25) is 5.91 Å². The zero-order valence-electron chi connectivity index (χ0n) is 14.1. The Morgan fingerprint density at radius 1 is 1.29 bits per heavy atom. The molecule has 0 saturated heterocycles. The molecule has 0 aromatic heterocycles. The number of nitrogens with one attached hydrogen (secondary N) is 1. The zero-order valence-corrected chi connectivity index (χ0v) is 14.1. The summed E-state index contributed by atoms with van der Waals surface area (Å²) in [4.78, 5) is 23.0. The summed E-state index contributed by atoms with van der Waals surface area (Å²) in [6.07, 6.45) is -0.0305. The second-order valence-electron chi connectivity index (χ2n) is 6.42. The Balaban J connectivity index is 2.50. The van der Waals surface area contributed by atoms with E-state index in [9.17, 15) is 18.4 Å². The van der Waals surface area contributed by atoms with Crippen molar-refractivity contribution in [2.75, 3.05) is 6.61 Å². The van der Waals surface area contributed by atoms with Crippen LogP contribution in [0, 0.1) is 11.6 Å². The average molecular weight is 343 g/mol. The van der Waals surface area contributed by atoms with Crippen LogP contribution in [0.25, 0.3) is 0 Å². The van der Waals surface area contributed by atoms with Gasteiger partial charge in [0.15, 0.2) is 11.6 Å². The molecule has 1 aromatic rings. The minimum Gasteiger partial charge on any atom is -0.480 e. The third-order valence-corrected chi connectivity index (χ3v) is 3.23. The SMILES string of the molecule is CC(C)(C)OCCC(NC(=O)CCc1cccc(F)c1F)C(=O)O. The highest BCUT2D eigenvalue weighted by Crippen LogP contribution is 2.13. The van der Waals surface area contributed by atoms with Crippen LogP contribution >= 0.6 is 0 Å². The van der Waals surface area contributed by atoms with Crippen LogP contribution in [0.5, 0.6) is 0 Å². The number of aliphatic carboxylic acids is 1. The Labute approximate surface area is 140 Å². The molecule has 134 valence electrons. The lowest BCUT2D eigenvalue weighted by Crippen LogP contribution is -2.42. The van der Waals surface area contributed by atoms with Crippen molar-refractivity contribution in [1.82, 2.24) is 5.32 Å². The molecule has 24 heavy (non-hydrogen) atoms. The van der Waals surface area contributed by atoms with Crippen molar-refractivity contribution in [3.8, 4) is 0 Å². The third-order valence-electron chi connectivity index (χ3n) is 3.23. The lowest BCUT2D eigenvalue weighted by molar-refractivity contribution is -0.142. The molecule has 0 aliphatic carbocycles. The van der Waals surface area contributed by atoms with Crippen molar-refractivity contribution in [3.63, 3.8) is 0 Å². The van der Waals surface area contributed by atoms with Crippen molar-refractivity contribution in [1.29, 1.82) is 0 Å². The summed E-state index contributed by atoms with van der Waals surface area (Å²) in [5.74, 6) is -3.67. The number of carbonyl (C=O) groups is 2. The maximum Gasteiger partial charge on any atom is 0.326 e. The van der Waals surface area contributed by atoms with E-state index in [1.807, 2.05) is 20.8 Å². The van der Waals surface area contributed by atoms with Crippen LogP contribution in [-0.4, -0.2) is 35.2 Å². The molecule has 1 atom stereocenters. The standard InChI is InChI=1S/C17H23F2NO4/c1-17(2,3)24-10-9-13(16(22)23)20-14(21)8-7-11-5-4-6-12(18)15(11)19/h4-6,13H,7-10H2,1-3H3,(H,20,21)(H,22,23). The van der Waals surface area contributed by atoms with Crippen LogP contribution in [0.15, 0.2) is 18.2 Å². The number of carboxylic acid groups (broad SMARTS) is 1. The Morgan fingerprint density at radius 3 is 2.54 bits per heavy atom. The Hall–Kier alpha value is -2.02. The van der Waals surface area contributed by atoms with E-state index in [4.69, 9.17) is 9.84 Å². The maximum atomic E-state index is 13.5. The van der Waals surface area contributed by atoms with Gasteiger partial charge >= 0.3 is 5.97 Å². The lowest BCUT2D eigenvalue weighted by atomic mass is 10.1. The third kappa shape index (κ3) is 7.04. The second-order valence-corrected chi connectivity index (χ2v) is 6.42. The summed E-state index contributed by atoms with van der Waals surface area (Å²) in [7, 11) is 0. The summed E-state index contributed by atoms with van der Waals surface area (Å²) >= 11 is 0. The van der Waals surface area contributed by atoms with Crippen LogP contribution in [0.1, 0.15) is 39.2 Å². The molecule has 7 heteroatoms. The Kier molecular flexibility index (Phi) is 7.28. The molecule has 1 amide bonds. The van der Waals surface area contributed by atoms with Gasteiger partial charge in [-0.2, -0.15) is 0 Å². The number of halogens is 2. The summed E-state index contributed by atoms with van der Waals surface area (Å²) in [5, 5.41) is 11.5. The molecule has 0 aliphatic heterocycles. The van der Waals surface area contributed by atoms with Gasteiger partial charge < -0.3 is 15.2 Å². The number of benzene rings is 1. The number of ether oxygens (including phenoxy) is 1. The van der Waals surface area contributed by atoms with Gasteiger partial charge in [-0.3, -0.25) is 4.79 Å². The van der Waals surface area contributed by atoms with Crippen LogP contribution < -0.4 is 5.32 Å². The van der Waals surface area contributed by atoms with Crippen LogP contribution in [-0.2, 0) is 20.7 Å². The van der Waals surface area contributed by atoms with Gasteiger partial charge in [-0.25, -0.2) is 13.6 Å². The summed E-state index contributed by atoms with van der Waals surface area (Å²) in [5.41, 5.74) is -0.324. The quantitative estimate of drug-likeness (QED) is 0.761. The summed E-state index contributed by atoms with van der Waals surface area (Å²) in [6.45, 7) is 5.71. The van der Waals surface area contributed by atoms with Gasteiger partial charge in [0.25, 0.3) is 0 Å². The van der Waals surface area contributed by atoms with E-state index in [2.05, 4.69) is 5.32 Å². The van der Waals surface area contributed by atoms with Crippen molar-refractivity contribution in [2.24, 2.45) is 0 Å². The second kappa shape index (κ2) is 8.73. The number of hydrogen-bond acceptors (Lipinski definition) is 3. The number of carbonyl (C=O) groups excluding carboxylic acids is 1. The van der Waals surface area contributed by atoms with Crippen molar-refractivity contribution in [2.45, 2.75) is 51.7 Å². The van der Waals surface area contributed by atoms with E-state index in [-0.39, 0.29) is 31.4 Å². The van der Waals surface area contributed by atoms with Gasteiger partial charge in [0, 0.05) is 19.4 Å². The van der Waals surface area contributed by atoms with E-state index < -0.39 is 35.2 Å². The van der Waals surface area contributed by atoms with Crippen LogP contribution in [0.3, 0.4) is 0 Å². The van der Waals surface area contributed by atoms with Crippen molar-refractivity contribution < 1.29 is 28.2 Å². The summed E-state index contributed by atoms with van der Waals surface area (Å²) < 4.78 is 32.0. The highest BCUT2D eigenvalue weighted by molar-refractivity contribution is 5.83. The van der Waals surface area contributed by atoms with Gasteiger partial charge in [-0.05, 0) is 38.8 Å². The van der Waals surface area contributed by atoms with Crippen LogP contribution in [0.2, 0.25) is 0 Å². The topological polar surface area (TPSA) is 75.6 Å². The van der Waals surface area contributed by atoms with Gasteiger partial charge in [0.1, 0.15) is 6.04 Å². The Morgan fingerprint density at radius 2 is 1.96 bits per heavy atom.